The van der Waals surface area contributed by atoms with Crippen LogP contribution in [0.3, 0.4) is 0 Å². The Labute approximate surface area is 181 Å². The number of urea groups is 1. The molecule has 3 amide bonds. The van der Waals surface area contributed by atoms with Crippen molar-refractivity contribution in [1.82, 2.24) is 10.3 Å². The van der Waals surface area contributed by atoms with E-state index in [1.54, 1.807) is 0 Å². The summed E-state index contributed by atoms with van der Waals surface area (Å²) in [5.74, 6) is 1.19. The molecule has 2 aliphatic rings. The summed E-state index contributed by atoms with van der Waals surface area (Å²) in [5, 5.41) is 11.9. The Bertz CT molecular complexity index is 1030. The number of hydrazone groups is 1. The van der Waals surface area contributed by atoms with Gasteiger partial charge in [0.15, 0.2) is 11.5 Å². The summed E-state index contributed by atoms with van der Waals surface area (Å²) in [6.07, 6.45) is 1.90. The average molecular weight is 422 g/mol. The van der Waals surface area contributed by atoms with E-state index in [-0.39, 0.29) is 24.8 Å². The molecule has 1 unspecified atom stereocenters. The minimum absolute atomic E-state index is 0.135. The lowest BCUT2D eigenvalue weighted by atomic mass is 9.91. The van der Waals surface area contributed by atoms with Crippen LogP contribution in [0.1, 0.15) is 56.3 Å². The van der Waals surface area contributed by atoms with E-state index in [1.165, 1.54) is 11.9 Å². The van der Waals surface area contributed by atoms with Crippen LogP contribution in [0.15, 0.2) is 41.5 Å². The highest BCUT2D eigenvalue weighted by atomic mass is 16.7. The number of hydrogen-bond acceptors (Lipinski definition) is 5. The normalized spacial score (nSPS) is 16.4. The molecule has 31 heavy (non-hydrogen) atoms. The fraction of sp³-hybridized carbons (Fsp3) is 0.348. The number of rotatable bonds is 5. The Morgan fingerprint density at radius 3 is 2.55 bits per heavy atom. The maximum Gasteiger partial charge on any atom is 0.338 e. The molecule has 0 fully saturated rings. The number of amides is 3. The number of carbonyl (C=O) groups excluding carboxylic acids is 2. The number of carbonyl (C=O) groups is 2. The highest BCUT2D eigenvalue weighted by molar-refractivity contribution is 6.15. The van der Waals surface area contributed by atoms with Crippen molar-refractivity contribution in [2.45, 2.75) is 39.7 Å². The second kappa shape index (κ2) is 8.67. The minimum atomic E-state index is -0.270. The summed E-state index contributed by atoms with van der Waals surface area (Å²) in [5.41, 5.74) is 4.01. The van der Waals surface area contributed by atoms with Gasteiger partial charge in [0.1, 0.15) is 0 Å². The molecule has 0 saturated heterocycles. The number of nitrogens with zero attached hydrogens (tertiary/aromatic N) is 2. The molecule has 0 saturated carbocycles. The first-order valence-corrected chi connectivity index (χ1v) is 10.5. The zero-order valence-corrected chi connectivity index (χ0v) is 17.9. The molecule has 8 nitrogen and oxygen atoms in total. The van der Waals surface area contributed by atoms with Gasteiger partial charge in [-0.1, -0.05) is 25.5 Å². The van der Waals surface area contributed by atoms with Crippen LogP contribution in [0.5, 0.6) is 11.5 Å². The zero-order valence-electron chi connectivity index (χ0n) is 17.9. The lowest BCUT2D eigenvalue weighted by Gasteiger charge is -2.32. The molecule has 162 valence electrons. The second-order valence-electron chi connectivity index (χ2n) is 7.61. The number of fused-ring (bicyclic) bond motifs is 2. The van der Waals surface area contributed by atoms with Gasteiger partial charge in [0, 0.05) is 30.3 Å². The van der Waals surface area contributed by atoms with Crippen LogP contribution in [-0.4, -0.2) is 36.0 Å². The minimum Gasteiger partial charge on any atom is -0.454 e. The van der Waals surface area contributed by atoms with Gasteiger partial charge in [-0.05, 0) is 43.2 Å². The summed E-state index contributed by atoms with van der Waals surface area (Å²) in [6, 6.07) is 10.7. The largest absolute Gasteiger partial charge is 0.454 e. The van der Waals surface area contributed by atoms with Gasteiger partial charge in [-0.25, -0.2) is 9.80 Å². The summed E-state index contributed by atoms with van der Waals surface area (Å²) in [4.78, 5) is 24.2. The number of nitrogens with one attached hydrogen (secondary N) is 2. The van der Waals surface area contributed by atoms with E-state index in [2.05, 4.69) is 17.6 Å². The van der Waals surface area contributed by atoms with Crippen molar-refractivity contribution in [2.75, 3.05) is 18.7 Å². The van der Waals surface area contributed by atoms with Crippen molar-refractivity contribution in [3.63, 3.8) is 0 Å². The van der Waals surface area contributed by atoms with E-state index in [4.69, 9.17) is 14.6 Å². The van der Waals surface area contributed by atoms with Crippen molar-refractivity contribution in [3.8, 4) is 11.5 Å². The van der Waals surface area contributed by atoms with Crippen molar-refractivity contribution >= 4 is 23.3 Å². The van der Waals surface area contributed by atoms with E-state index in [9.17, 15) is 9.59 Å². The first-order chi connectivity index (χ1) is 15.0. The third-order valence-corrected chi connectivity index (χ3v) is 5.32. The van der Waals surface area contributed by atoms with Gasteiger partial charge in [-0.2, -0.15) is 5.10 Å². The topological polar surface area (TPSA) is 92.3 Å². The SMILES string of the molecule is CCCCNC(=O)N1N=C(c2ccc(NC(C)=O)cc2)c2cc3c(cc2C1C)OCO3. The van der Waals surface area contributed by atoms with Gasteiger partial charge in [0.05, 0.1) is 11.8 Å². The van der Waals surface area contributed by atoms with Gasteiger partial charge in [-0.3, -0.25) is 4.79 Å². The predicted octanol–water partition coefficient (Wildman–Crippen LogP) is 4.01. The molecule has 1 atom stereocenters. The van der Waals surface area contributed by atoms with E-state index in [0.29, 0.717) is 29.4 Å². The molecule has 0 aliphatic carbocycles. The number of anilines is 1. The Hall–Kier alpha value is -3.55. The van der Waals surface area contributed by atoms with Crippen molar-refractivity contribution in [3.05, 3.63) is 53.1 Å². The van der Waals surface area contributed by atoms with Gasteiger partial charge in [0.2, 0.25) is 12.7 Å². The Morgan fingerprint density at radius 1 is 1.16 bits per heavy atom. The van der Waals surface area contributed by atoms with Gasteiger partial charge in [-0.15, -0.1) is 0 Å². The fourth-order valence-corrected chi connectivity index (χ4v) is 3.69. The van der Waals surface area contributed by atoms with Crippen molar-refractivity contribution in [1.29, 1.82) is 0 Å². The van der Waals surface area contributed by atoms with Crippen LogP contribution in [0.4, 0.5) is 10.5 Å². The van der Waals surface area contributed by atoms with Gasteiger partial charge in [0.25, 0.3) is 0 Å². The second-order valence-corrected chi connectivity index (χ2v) is 7.61. The molecule has 2 N–H and O–H groups in total. The van der Waals surface area contributed by atoms with Crippen molar-refractivity contribution in [2.24, 2.45) is 5.10 Å². The van der Waals surface area contributed by atoms with Crippen LogP contribution in [0.2, 0.25) is 0 Å². The number of unbranched alkanes of at least 4 members (excludes halogenated alkanes) is 1. The molecule has 0 spiro atoms. The monoisotopic (exact) mass is 422 g/mol. The summed E-state index contributed by atoms with van der Waals surface area (Å²) in [6.45, 7) is 6.26. The summed E-state index contributed by atoms with van der Waals surface area (Å²) >= 11 is 0. The molecular weight excluding hydrogens is 396 g/mol. The maximum absolute atomic E-state index is 12.9. The molecule has 0 aromatic heterocycles. The van der Waals surface area contributed by atoms with Crippen LogP contribution in [0, 0.1) is 0 Å². The smallest absolute Gasteiger partial charge is 0.338 e. The first-order valence-electron chi connectivity index (χ1n) is 10.5. The summed E-state index contributed by atoms with van der Waals surface area (Å²) in [7, 11) is 0. The van der Waals surface area contributed by atoms with Crippen LogP contribution in [0.25, 0.3) is 0 Å². The highest BCUT2D eigenvalue weighted by Gasteiger charge is 2.33. The highest BCUT2D eigenvalue weighted by Crippen LogP contribution is 2.41. The standard InChI is InChI=1S/C23H26N4O4/c1-4-5-10-24-23(29)27-14(2)18-11-20-21(31-13-30-20)12-19(18)22(26-27)16-6-8-17(9-7-16)25-15(3)28/h6-9,11-12,14H,4-5,10,13H2,1-3H3,(H,24,29)(H,25,28). The van der Waals surface area contributed by atoms with Crippen LogP contribution < -0.4 is 20.1 Å². The molecule has 2 heterocycles. The zero-order chi connectivity index (χ0) is 22.0. The van der Waals surface area contributed by atoms with E-state index < -0.39 is 0 Å². The van der Waals surface area contributed by atoms with Gasteiger partial charge >= 0.3 is 6.03 Å². The number of benzene rings is 2. The average Bonchev–Trinajstić information content (AvgIpc) is 3.21. The van der Waals surface area contributed by atoms with Crippen LogP contribution in [-0.2, 0) is 4.79 Å². The van der Waals surface area contributed by atoms with E-state index in [1.807, 2.05) is 43.3 Å². The van der Waals surface area contributed by atoms with Crippen LogP contribution >= 0.6 is 0 Å². The van der Waals surface area contributed by atoms with Crippen molar-refractivity contribution < 1.29 is 19.1 Å². The maximum atomic E-state index is 12.9. The van der Waals surface area contributed by atoms with E-state index >= 15 is 0 Å². The summed E-state index contributed by atoms with van der Waals surface area (Å²) < 4.78 is 11.1. The molecule has 2 aromatic rings. The predicted molar refractivity (Wildman–Crippen MR) is 118 cm³/mol. The lowest BCUT2D eigenvalue weighted by Crippen LogP contribution is -2.41. The molecule has 0 bridgehead atoms. The molecule has 8 heteroatoms. The third kappa shape index (κ3) is 4.19. The molecular formula is C23H26N4O4. The Balaban J connectivity index is 1.74. The third-order valence-electron chi connectivity index (χ3n) is 5.32. The fourth-order valence-electron chi connectivity index (χ4n) is 3.69. The van der Waals surface area contributed by atoms with E-state index in [0.717, 1.165) is 29.5 Å². The lowest BCUT2D eigenvalue weighted by molar-refractivity contribution is -0.114. The Morgan fingerprint density at radius 2 is 1.87 bits per heavy atom. The number of hydrogen-bond donors (Lipinski definition) is 2. The van der Waals surface area contributed by atoms with Gasteiger partial charge < -0.3 is 20.1 Å². The number of ether oxygens (including phenoxy) is 2. The molecule has 4 rings (SSSR count). The quantitative estimate of drug-likeness (QED) is 0.712. The first kappa shape index (κ1) is 20.7. The molecule has 0 radical (unpaired) electrons. The molecule has 2 aromatic carbocycles. The Kier molecular flexibility index (Phi) is 5.79. The molecule has 2 aliphatic heterocycles.